The maximum atomic E-state index is 12.6. The van der Waals surface area contributed by atoms with Crippen LogP contribution in [0.1, 0.15) is 41.0 Å². The van der Waals surface area contributed by atoms with Crippen LogP contribution in [0.2, 0.25) is 0 Å². The fraction of sp³-hybridized carbons (Fsp3) is 0.857. The van der Waals surface area contributed by atoms with Crippen LogP contribution in [0.4, 0.5) is 0 Å². The van der Waals surface area contributed by atoms with Gasteiger partial charge in [0.2, 0.25) is 11.8 Å². The number of amides is 2. The van der Waals surface area contributed by atoms with Crippen molar-refractivity contribution in [2.24, 2.45) is 5.92 Å². The van der Waals surface area contributed by atoms with Gasteiger partial charge in [0.25, 0.3) is 0 Å². The second-order valence-electron chi connectivity index (χ2n) is 5.30. The molecule has 0 spiro atoms. The highest BCUT2D eigenvalue weighted by Gasteiger charge is 2.41. The number of hydrogen-bond acceptors (Lipinski definition) is 3. The van der Waals surface area contributed by atoms with Crippen LogP contribution < -0.4 is 5.32 Å². The first-order valence-electron chi connectivity index (χ1n) is 7.14. The number of nitrogens with one attached hydrogen (secondary N) is 1. The highest BCUT2D eigenvalue weighted by molar-refractivity contribution is 7.99. The van der Waals surface area contributed by atoms with E-state index in [9.17, 15) is 9.59 Å². The van der Waals surface area contributed by atoms with E-state index in [0.717, 1.165) is 17.9 Å². The van der Waals surface area contributed by atoms with Crippen molar-refractivity contribution in [1.82, 2.24) is 10.2 Å². The smallest absolute Gasteiger partial charge is 0.246 e. The van der Waals surface area contributed by atoms with Gasteiger partial charge in [-0.2, -0.15) is 11.8 Å². The van der Waals surface area contributed by atoms with E-state index < -0.39 is 0 Å². The molecule has 1 fully saturated rings. The number of nitrogens with zero attached hydrogens (tertiary/aromatic N) is 1. The van der Waals surface area contributed by atoms with Crippen LogP contribution in [0.25, 0.3) is 0 Å². The Morgan fingerprint density at radius 2 is 1.95 bits per heavy atom. The van der Waals surface area contributed by atoms with Crippen LogP contribution in [0.3, 0.4) is 0 Å². The van der Waals surface area contributed by atoms with Gasteiger partial charge in [0, 0.05) is 11.8 Å². The number of rotatable bonds is 6. The maximum absolute atomic E-state index is 12.6. The largest absolute Gasteiger partial charge is 0.342 e. The molecule has 0 saturated carbocycles. The van der Waals surface area contributed by atoms with E-state index in [4.69, 9.17) is 0 Å². The molecular formula is C14H26N2O2S. The molecule has 19 heavy (non-hydrogen) atoms. The molecule has 4 nitrogen and oxygen atoms in total. The Bertz CT molecular complexity index is 335. The topological polar surface area (TPSA) is 49.4 Å². The summed E-state index contributed by atoms with van der Waals surface area (Å²) < 4.78 is 0. The van der Waals surface area contributed by atoms with E-state index in [0.29, 0.717) is 0 Å². The first-order chi connectivity index (χ1) is 8.93. The lowest BCUT2D eigenvalue weighted by molar-refractivity contribution is -0.152. The number of hydrogen-bond donors (Lipinski definition) is 1. The monoisotopic (exact) mass is 286 g/mol. The average molecular weight is 286 g/mol. The lowest BCUT2D eigenvalue weighted by atomic mass is 9.94. The minimum atomic E-state index is -0.361. The standard InChI is InChI=1S/C14H26N2O2S/c1-6-9(3)12-14(18)16(10(4)8-19-7-2)11(5)13(17)15-12/h9-12H,6-8H2,1-5H3,(H,15,17). The fourth-order valence-electron chi connectivity index (χ4n) is 2.40. The Kier molecular flexibility index (Phi) is 6.17. The number of carbonyl (C=O) groups is 2. The third kappa shape index (κ3) is 3.65. The van der Waals surface area contributed by atoms with E-state index in [2.05, 4.69) is 12.2 Å². The van der Waals surface area contributed by atoms with Gasteiger partial charge in [-0.25, -0.2) is 0 Å². The van der Waals surface area contributed by atoms with E-state index >= 15 is 0 Å². The van der Waals surface area contributed by atoms with Gasteiger partial charge >= 0.3 is 0 Å². The summed E-state index contributed by atoms with van der Waals surface area (Å²) >= 11 is 1.80. The lowest BCUT2D eigenvalue weighted by Gasteiger charge is -2.42. The predicted octanol–water partition coefficient (Wildman–Crippen LogP) is 1.89. The zero-order valence-electron chi connectivity index (χ0n) is 12.6. The number of piperazine rings is 1. The highest BCUT2D eigenvalue weighted by atomic mass is 32.2. The van der Waals surface area contributed by atoms with E-state index in [-0.39, 0.29) is 35.9 Å². The fourth-order valence-corrected chi connectivity index (χ4v) is 3.14. The predicted molar refractivity (Wildman–Crippen MR) is 80.2 cm³/mol. The van der Waals surface area contributed by atoms with Gasteiger partial charge in [0.15, 0.2) is 0 Å². The van der Waals surface area contributed by atoms with Crippen molar-refractivity contribution >= 4 is 23.6 Å². The molecule has 5 heteroatoms. The first-order valence-corrected chi connectivity index (χ1v) is 8.29. The van der Waals surface area contributed by atoms with Crippen molar-refractivity contribution < 1.29 is 9.59 Å². The Morgan fingerprint density at radius 1 is 1.32 bits per heavy atom. The van der Waals surface area contributed by atoms with Gasteiger partial charge in [-0.3, -0.25) is 9.59 Å². The van der Waals surface area contributed by atoms with Gasteiger partial charge in [0.1, 0.15) is 12.1 Å². The summed E-state index contributed by atoms with van der Waals surface area (Å²) in [5.74, 6) is 2.14. The van der Waals surface area contributed by atoms with Crippen LogP contribution in [-0.2, 0) is 9.59 Å². The van der Waals surface area contributed by atoms with Crippen LogP contribution in [0.5, 0.6) is 0 Å². The summed E-state index contributed by atoms with van der Waals surface area (Å²) in [5.41, 5.74) is 0. The Hall–Kier alpha value is -0.710. The second kappa shape index (κ2) is 7.17. The first kappa shape index (κ1) is 16.3. The summed E-state index contributed by atoms with van der Waals surface area (Å²) in [6, 6.07) is -0.618. The SMILES string of the molecule is CCSCC(C)N1C(=O)C(C(C)CC)NC(=O)C1C. The Balaban J connectivity index is 2.86. The molecule has 0 bridgehead atoms. The summed E-state index contributed by atoms with van der Waals surface area (Å²) in [4.78, 5) is 26.4. The van der Waals surface area contributed by atoms with Gasteiger partial charge in [0.05, 0.1) is 0 Å². The average Bonchev–Trinajstić information content (AvgIpc) is 2.39. The van der Waals surface area contributed by atoms with Gasteiger partial charge in [-0.1, -0.05) is 27.2 Å². The zero-order chi connectivity index (χ0) is 14.6. The van der Waals surface area contributed by atoms with E-state index in [1.807, 2.05) is 27.7 Å². The molecule has 0 aromatic rings. The van der Waals surface area contributed by atoms with Crippen molar-refractivity contribution in [2.45, 2.75) is 59.2 Å². The molecule has 0 aliphatic carbocycles. The van der Waals surface area contributed by atoms with Crippen LogP contribution in [-0.4, -0.2) is 46.3 Å². The van der Waals surface area contributed by atoms with Crippen molar-refractivity contribution in [3.63, 3.8) is 0 Å². The summed E-state index contributed by atoms with van der Waals surface area (Å²) in [5, 5.41) is 2.87. The second-order valence-corrected chi connectivity index (χ2v) is 6.62. The summed E-state index contributed by atoms with van der Waals surface area (Å²) in [7, 11) is 0. The molecule has 2 amide bonds. The molecule has 4 atom stereocenters. The summed E-state index contributed by atoms with van der Waals surface area (Å²) in [6.07, 6.45) is 0.886. The summed E-state index contributed by atoms with van der Waals surface area (Å²) in [6.45, 7) is 10.0. The molecule has 0 radical (unpaired) electrons. The number of thioether (sulfide) groups is 1. The van der Waals surface area contributed by atoms with Gasteiger partial charge in [-0.05, 0) is 25.5 Å². The zero-order valence-corrected chi connectivity index (χ0v) is 13.4. The van der Waals surface area contributed by atoms with Crippen molar-refractivity contribution in [2.75, 3.05) is 11.5 Å². The third-order valence-corrected chi connectivity index (χ3v) is 4.99. The van der Waals surface area contributed by atoms with E-state index in [1.165, 1.54) is 0 Å². The van der Waals surface area contributed by atoms with Gasteiger partial charge < -0.3 is 10.2 Å². The van der Waals surface area contributed by atoms with Crippen LogP contribution in [0, 0.1) is 5.92 Å². The molecule has 1 aliphatic heterocycles. The minimum Gasteiger partial charge on any atom is -0.342 e. The molecule has 4 unspecified atom stereocenters. The van der Waals surface area contributed by atoms with Crippen LogP contribution >= 0.6 is 11.8 Å². The van der Waals surface area contributed by atoms with E-state index in [1.54, 1.807) is 16.7 Å². The molecule has 0 aromatic heterocycles. The Morgan fingerprint density at radius 3 is 2.47 bits per heavy atom. The van der Waals surface area contributed by atoms with Crippen molar-refractivity contribution in [3.05, 3.63) is 0 Å². The molecule has 1 rings (SSSR count). The molecule has 110 valence electrons. The molecule has 1 saturated heterocycles. The quantitative estimate of drug-likeness (QED) is 0.811. The maximum Gasteiger partial charge on any atom is 0.246 e. The molecular weight excluding hydrogens is 260 g/mol. The molecule has 1 aliphatic rings. The van der Waals surface area contributed by atoms with Crippen LogP contribution in [0.15, 0.2) is 0 Å². The van der Waals surface area contributed by atoms with Crippen molar-refractivity contribution in [3.8, 4) is 0 Å². The molecule has 0 aromatic carbocycles. The lowest BCUT2D eigenvalue weighted by Crippen LogP contribution is -2.66. The van der Waals surface area contributed by atoms with Crippen molar-refractivity contribution in [1.29, 1.82) is 0 Å². The molecule has 1 heterocycles. The third-order valence-electron chi connectivity index (χ3n) is 3.87. The number of carbonyl (C=O) groups excluding carboxylic acids is 2. The Labute approximate surface area is 120 Å². The molecule has 1 N–H and O–H groups in total. The highest BCUT2D eigenvalue weighted by Crippen LogP contribution is 2.21. The normalized spacial score (nSPS) is 27.1. The van der Waals surface area contributed by atoms with Gasteiger partial charge in [-0.15, -0.1) is 0 Å². The minimum absolute atomic E-state index is 0.0294.